The summed E-state index contributed by atoms with van der Waals surface area (Å²) in [6.45, 7) is 0. The minimum atomic E-state index is 0.779. The lowest BCUT2D eigenvalue weighted by Crippen LogP contribution is -2.50. The summed E-state index contributed by atoms with van der Waals surface area (Å²) in [5.41, 5.74) is 0. The van der Waals surface area contributed by atoms with E-state index in [-0.39, 0.29) is 0 Å². The van der Waals surface area contributed by atoms with E-state index in [0.717, 1.165) is 47.3 Å². The molecule has 8 atom stereocenters. The molecule has 0 nitrogen and oxygen atoms in total. The summed E-state index contributed by atoms with van der Waals surface area (Å²) < 4.78 is 1.41. The van der Waals surface area contributed by atoms with Crippen molar-refractivity contribution in [3.05, 3.63) is 9.51 Å². The fraction of sp³-hybridized carbons (Fsp3) is 0.833. The first-order chi connectivity index (χ1) is 6.79. The SMILES string of the molecule is ClC1=C(Br)C2C3CC4C5CC(C14)C2C53. The van der Waals surface area contributed by atoms with Gasteiger partial charge < -0.3 is 0 Å². The van der Waals surface area contributed by atoms with Crippen molar-refractivity contribution in [2.24, 2.45) is 47.3 Å². The number of hydrogen-bond acceptors (Lipinski definition) is 0. The van der Waals surface area contributed by atoms with Crippen LogP contribution in [0.2, 0.25) is 0 Å². The molecule has 74 valence electrons. The van der Waals surface area contributed by atoms with Crippen LogP contribution in [0.4, 0.5) is 0 Å². The van der Waals surface area contributed by atoms with Crippen LogP contribution in [-0.2, 0) is 0 Å². The van der Waals surface area contributed by atoms with Gasteiger partial charge in [0.15, 0.2) is 0 Å². The molecule has 0 aromatic carbocycles. The van der Waals surface area contributed by atoms with Gasteiger partial charge in [-0.2, -0.15) is 0 Å². The molecule has 0 aromatic heterocycles. The lowest BCUT2D eigenvalue weighted by atomic mass is 9.52. The molecule has 2 heteroatoms. The minimum Gasteiger partial charge on any atom is -0.0879 e. The topological polar surface area (TPSA) is 0 Å². The highest BCUT2D eigenvalue weighted by atomic mass is 79.9. The van der Waals surface area contributed by atoms with Crippen molar-refractivity contribution >= 4 is 27.5 Å². The maximum Gasteiger partial charge on any atom is 0.0321 e. The summed E-state index contributed by atoms with van der Waals surface area (Å²) in [4.78, 5) is 0. The number of rotatable bonds is 0. The Morgan fingerprint density at radius 2 is 1.64 bits per heavy atom. The first-order valence-corrected chi connectivity index (χ1v) is 7.01. The normalized spacial score (nSPS) is 70.7. The van der Waals surface area contributed by atoms with Crippen LogP contribution in [0.25, 0.3) is 0 Å². The molecule has 4 fully saturated rings. The molecule has 0 aromatic rings. The van der Waals surface area contributed by atoms with Crippen molar-refractivity contribution in [3.63, 3.8) is 0 Å². The van der Waals surface area contributed by atoms with Crippen LogP contribution in [0.15, 0.2) is 9.51 Å². The Morgan fingerprint density at radius 3 is 2.50 bits per heavy atom. The molecule has 0 aliphatic heterocycles. The predicted octanol–water partition coefficient (Wildman–Crippen LogP) is 3.61. The maximum atomic E-state index is 6.53. The van der Waals surface area contributed by atoms with E-state index in [1.165, 1.54) is 22.4 Å². The Balaban J connectivity index is 1.85. The third kappa shape index (κ3) is 0.519. The molecule has 5 aliphatic rings. The molecule has 5 rings (SSSR count). The highest BCUT2D eigenvalue weighted by molar-refractivity contribution is 9.11. The van der Waals surface area contributed by atoms with Gasteiger partial charge in [-0.3, -0.25) is 0 Å². The van der Waals surface area contributed by atoms with Gasteiger partial charge in [0.2, 0.25) is 0 Å². The summed E-state index contributed by atoms with van der Waals surface area (Å²) in [5, 5.41) is 1.23. The molecule has 2 bridgehead atoms. The van der Waals surface area contributed by atoms with Gasteiger partial charge in [-0.25, -0.2) is 0 Å². The number of allylic oxidation sites excluding steroid dienone is 2. The summed E-state index contributed by atoms with van der Waals surface area (Å²) in [6, 6.07) is 0. The van der Waals surface area contributed by atoms with Gasteiger partial charge in [-0.1, -0.05) is 27.5 Å². The Labute approximate surface area is 97.2 Å². The van der Waals surface area contributed by atoms with E-state index in [9.17, 15) is 0 Å². The van der Waals surface area contributed by atoms with Crippen LogP contribution in [0, 0.1) is 47.3 Å². The first kappa shape index (κ1) is 7.73. The Hall–Kier alpha value is 0.510. The zero-order valence-corrected chi connectivity index (χ0v) is 10.1. The largest absolute Gasteiger partial charge is 0.0879 e. The lowest BCUT2D eigenvalue weighted by molar-refractivity contribution is -0.00820. The number of hydrogen-bond donors (Lipinski definition) is 0. The second-order valence-electron chi connectivity index (χ2n) is 6.03. The van der Waals surface area contributed by atoms with E-state index in [0.29, 0.717) is 0 Å². The molecule has 4 saturated carbocycles. The number of halogens is 2. The summed E-state index contributed by atoms with van der Waals surface area (Å²) in [6.07, 6.45) is 3.02. The first-order valence-electron chi connectivity index (χ1n) is 5.84. The second-order valence-corrected chi connectivity index (χ2v) is 7.29. The number of fused-ring (bicyclic) bond motifs is 2. The van der Waals surface area contributed by atoms with Crippen molar-refractivity contribution in [2.75, 3.05) is 0 Å². The van der Waals surface area contributed by atoms with Crippen LogP contribution in [0.3, 0.4) is 0 Å². The van der Waals surface area contributed by atoms with Gasteiger partial charge in [-0.05, 0) is 54.3 Å². The standard InChI is InChI=1S/C12H12BrCl/c13-11-10-5-2-4-3-1-6(8(4)12(11)14)9(10)7(3)5/h3-10H,1-2H2. The highest BCUT2D eigenvalue weighted by Crippen LogP contribution is 2.81. The second kappa shape index (κ2) is 2.00. The quantitative estimate of drug-likeness (QED) is 0.631. The average Bonchev–Trinajstić information content (AvgIpc) is 2.60. The Kier molecular flexibility index (Phi) is 1.10. The average molecular weight is 272 g/mol. The fourth-order valence-electron chi connectivity index (χ4n) is 6.11. The van der Waals surface area contributed by atoms with Crippen LogP contribution < -0.4 is 0 Å². The zero-order valence-electron chi connectivity index (χ0n) is 7.79. The Bertz CT molecular complexity index is 384. The molecule has 0 radical (unpaired) electrons. The molecule has 0 spiro atoms. The van der Waals surface area contributed by atoms with Crippen molar-refractivity contribution in [1.29, 1.82) is 0 Å². The minimum absolute atomic E-state index is 0.779. The lowest BCUT2D eigenvalue weighted by Gasteiger charge is -2.54. The molecule has 0 saturated heterocycles. The zero-order chi connectivity index (χ0) is 9.19. The molecular formula is C12H12BrCl. The molecule has 5 aliphatic carbocycles. The summed E-state index contributed by atoms with van der Waals surface area (Å²) in [5.74, 6) is 7.90. The van der Waals surface area contributed by atoms with E-state index in [1.807, 2.05) is 0 Å². The van der Waals surface area contributed by atoms with Crippen LogP contribution >= 0.6 is 27.5 Å². The van der Waals surface area contributed by atoms with Crippen LogP contribution in [0.1, 0.15) is 12.8 Å². The van der Waals surface area contributed by atoms with E-state index < -0.39 is 0 Å². The van der Waals surface area contributed by atoms with Crippen LogP contribution in [0.5, 0.6) is 0 Å². The van der Waals surface area contributed by atoms with E-state index >= 15 is 0 Å². The predicted molar refractivity (Wildman–Crippen MR) is 59.0 cm³/mol. The molecule has 14 heavy (non-hydrogen) atoms. The fourth-order valence-corrected chi connectivity index (χ4v) is 7.47. The van der Waals surface area contributed by atoms with Crippen molar-refractivity contribution in [3.8, 4) is 0 Å². The van der Waals surface area contributed by atoms with E-state index in [2.05, 4.69) is 15.9 Å². The van der Waals surface area contributed by atoms with Crippen LogP contribution in [-0.4, -0.2) is 0 Å². The van der Waals surface area contributed by atoms with Crippen molar-refractivity contribution in [1.82, 2.24) is 0 Å². The Morgan fingerprint density at radius 1 is 0.929 bits per heavy atom. The third-order valence-electron chi connectivity index (χ3n) is 6.18. The van der Waals surface area contributed by atoms with Crippen molar-refractivity contribution in [2.45, 2.75) is 12.8 Å². The van der Waals surface area contributed by atoms with E-state index in [1.54, 1.807) is 0 Å². The smallest absolute Gasteiger partial charge is 0.0321 e. The summed E-state index contributed by atoms with van der Waals surface area (Å²) >= 11 is 10.3. The van der Waals surface area contributed by atoms with Crippen molar-refractivity contribution < 1.29 is 0 Å². The van der Waals surface area contributed by atoms with E-state index in [4.69, 9.17) is 11.6 Å². The van der Waals surface area contributed by atoms with Gasteiger partial charge in [-0.15, -0.1) is 0 Å². The molecule has 0 heterocycles. The third-order valence-corrected chi connectivity index (χ3v) is 7.82. The summed E-state index contributed by atoms with van der Waals surface area (Å²) in [7, 11) is 0. The monoisotopic (exact) mass is 270 g/mol. The molecular weight excluding hydrogens is 259 g/mol. The van der Waals surface area contributed by atoms with Gasteiger partial charge in [0.1, 0.15) is 0 Å². The van der Waals surface area contributed by atoms with Gasteiger partial charge in [0.25, 0.3) is 0 Å². The highest BCUT2D eigenvalue weighted by Gasteiger charge is 2.75. The molecule has 0 amide bonds. The van der Waals surface area contributed by atoms with Gasteiger partial charge in [0, 0.05) is 15.4 Å². The molecule has 8 unspecified atom stereocenters. The molecule has 0 N–H and O–H groups in total. The van der Waals surface area contributed by atoms with Gasteiger partial charge >= 0.3 is 0 Å². The maximum absolute atomic E-state index is 6.53. The van der Waals surface area contributed by atoms with Gasteiger partial charge in [0.05, 0.1) is 0 Å².